The molecule has 0 saturated carbocycles. The molecule has 0 aliphatic rings. The largest absolute Gasteiger partial charge is 0.444 e. The molecule has 8 heteroatoms. The zero-order chi connectivity index (χ0) is 20.6. The summed E-state index contributed by atoms with van der Waals surface area (Å²) in [5.74, 6) is -0.583. The molecule has 0 unspecified atom stereocenters. The molecule has 1 aromatic carbocycles. The first-order chi connectivity index (χ1) is 12.5. The molecule has 0 spiro atoms. The first kappa shape index (κ1) is 22.7. The molecule has 0 aliphatic heterocycles. The summed E-state index contributed by atoms with van der Waals surface area (Å²) in [7, 11) is 0. The Hall–Kier alpha value is -2.38. The molecule has 0 fully saturated rings. The Balaban J connectivity index is 2.79. The lowest BCUT2D eigenvalue weighted by Crippen LogP contribution is -2.51. The summed E-state index contributed by atoms with van der Waals surface area (Å²) in [5, 5.41) is 5.24. The Morgan fingerprint density at radius 3 is 2.37 bits per heavy atom. The number of ether oxygens (including phenoxy) is 2. The van der Waals surface area contributed by atoms with Crippen molar-refractivity contribution in [1.82, 2.24) is 10.6 Å². The first-order valence-corrected chi connectivity index (χ1v) is 8.83. The number of benzene rings is 1. The van der Waals surface area contributed by atoms with Gasteiger partial charge in [-0.3, -0.25) is 4.79 Å². The maximum atomic E-state index is 12.6. The van der Waals surface area contributed by atoms with Crippen molar-refractivity contribution in [2.45, 2.75) is 65.8 Å². The minimum absolute atomic E-state index is 0.00649. The third-order valence-electron chi connectivity index (χ3n) is 3.81. The minimum Gasteiger partial charge on any atom is -0.444 e. The van der Waals surface area contributed by atoms with Crippen LogP contribution in [0.3, 0.4) is 0 Å². The Kier molecular flexibility index (Phi) is 8.46. The van der Waals surface area contributed by atoms with Crippen molar-refractivity contribution in [1.29, 1.82) is 0 Å². The van der Waals surface area contributed by atoms with Crippen LogP contribution in [-0.4, -0.2) is 30.3 Å². The van der Waals surface area contributed by atoms with E-state index in [0.29, 0.717) is 12.0 Å². The van der Waals surface area contributed by atoms with Crippen molar-refractivity contribution in [2.75, 3.05) is 0 Å². The van der Waals surface area contributed by atoms with Gasteiger partial charge in [0.1, 0.15) is 17.4 Å². The van der Waals surface area contributed by atoms with Gasteiger partial charge in [0.2, 0.25) is 5.91 Å². The topological polar surface area (TPSA) is 76.7 Å². The van der Waals surface area contributed by atoms with E-state index >= 15 is 0 Å². The highest BCUT2D eigenvalue weighted by Gasteiger charge is 2.28. The average molecular weight is 386 g/mol. The van der Waals surface area contributed by atoms with Gasteiger partial charge in [-0.15, -0.1) is 0 Å². The number of nitrogens with one attached hydrogen (secondary N) is 2. The van der Waals surface area contributed by atoms with Crippen LogP contribution in [0.4, 0.5) is 13.6 Å². The second kappa shape index (κ2) is 10.1. The molecule has 2 atom stereocenters. The highest BCUT2D eigenvalue weighted by molar-refractivity contribution is 5.86. The van der Waals surface area contributed by atoms with Crippen LogP contribution >= 0.6 is 0 Å². The fraction of sp³-hybridized carbons (Fsp3) is 0.579. The van der Waals surface area contributed by atoms with Gasteiger partial charge < -0.3 is 20.1 Å². The van der Waals surface area contributed by atoms with E-state index in [2.05, 4.69) is 15.4 Å². The molecule has 0 bridgehead atoms. The maximum absolute atomic E-state index is 12.6. The number of hydrogen-bond acceptors (Lipinski definition) is 4. The van der Waals surface area contributed by atoms with Crippen LogP contribution in [0.15, 0.2) is 24.3 Å². The highest BCUT2D eigenvalue weighted by atomic mass is 19.3. The van der Waals surface area contributed by atoms with Gasteiger partial charge in [0.05, 0.1) is 0 Å². The van der Waals surface area contributed by atoms with Crippen molar-refractivity contribution < 1.29 is 27.8 Å². The third-order valence-corrected chi connectivity index (χ3v) is 3.81. The third kappa shape index (κ3) is 8.23. The second-order valence-corrected chi connectivity index (χ2v) is 7.21. The van der Waals surface area contributed by atoms with E-state index < -0.39 is 30.3 Å². The number of alkyl halides is 2. The maximum Gasteiger partial charge on any atom is 0.408 e. The summed E-state index contributed by atoms with van der Waals surface area (Å²) in [5.41, 5.74) is -0.280. The van der Waals surface area contributed by atoms with E-state index in [0.717, 1.165) is 0 Å². The van der Waals surface area contributed by atoms with E-state index in [-0.39, 0.29) is 18.2 Å². The molecule has 0 aliphatic carbocycles. The molecule has 0 saturated heterocycles. The van der Waals surface area contributed by atoms with Crippen LogP contribution in [0.2, 0.25) is 0 Å². The van der Waals surface area contributed by atoms with E-state index in [1.165, 1.54) is 6.07 Å². The normalized spacial score (nSPS) is 13.6. The first-order valence-electron chi connectivity index (χ1n) is 8.83. The van der Waals surface area contributed by atoms with Gasteiger partial charge in [-0.2, -0.15) is 8.78 Å². The Morgan fingerprint density at radius 2 is 1.81 bits per heavy atom. The second-order valence-electron chi connectivity index (χ2n) is 7.21. The van der Waals surface area contributed by atoms with Gasteiger partial charge in [0.25, 0.3) is 0 Å². The van der Waals surface area contributed by atoms with Gasteiger partial charge >= 0.3 is 12.7 Å². The van der Waals surface area contributed by atoms with Crippen molar-refractivity contribution >= 4 is 12.0 Å². The van der Waals surface area contributed by atoms with Gasteiger partial charge in [0, 0.05) is 12.1 Å². The Bertz CT molecular complexity index is 632. The van der Waals surface area contributed by atoms with Crippen LogP contribution < -0.4 is 15.4 Å². The van der Waals surface area contributed by atoms with Crippen LogP contribution in [0, 0.1) is 5.92 Å². The molecule has 27 heavy (non-hydrogen) atoms. The fourth-order valence-corrected chi connectivity index (χ4v) is 2.29. The molecule has 6 nitrogen and oxygen atoms in total. The van der Waals surface area contributed by atoms with E-state index in [1.54, 1.807) is 39.0 Å². The predicted molar refractivity (Wildman–Crippen MR) is 97.5 cm³/mol. The number of carbonyl (C=O) groups is 2. The Labute approximate surface area is 158 Å². The lowest BCUT2D eigenvalue weighted by Gasteiger charge is -2.26. The molecule has 0 heterocycles. The molecule has 152 valence electrons. The molecule has 0 aromatic heterocycles. The SMILES string of the molecule is CC[C@@H](C)[C@H](NC(=O)OC(C)(C)C)C(=O)NCc1ccccc1OC(F)F. The van der Waals surface area contributed by atoms with Crippen molar-refractivity contribution in [3.8, 4) is 5.75 Å². The van der Waals surface area contributed by atoms with Crippen LogP contribution in [-0.2, 0) is 16.1 Å². The number of carbonyl (C=O) groups excluding carboxylic acids is 2. The summed E-state index contributed by atoms with van der Waals surface area (Å²) in [6, 6.07) is 5.39. The molecule has 2 N–H and O–H groups in total. The zero-order valence-corrected chi connectivity index (χ0v) is 16.3. The van der Waals surface area contributed by atoms with Crippen LogP contribution in [0.5, 0.6) is 5.75 Å². The summed E-state index contributed by atoms with van der Waals surface area (Å²) < 4.78 is 34.6. The number of rotatable bonds is 8. The molecule has 1 aromatic rings. The van der Waals surface area contributed by atoms with Crippen molar-refractivity contribution in [3.63, 3.8) is 0 Å². The monoisotopic (exact) mass is 386 g/mol. The predicted octanol–water partition coefficient (Wildman–Crippen LogP) is 3.84. The number of amides is 2. The summed E-state index contributed by atoms with van der Waals surface area (Å²) in [6.45, 7) is 5.94. The highest BCUT2D eigenvalue weighted by Crippen LogP contribution is 2.20. The minimum atomic E-state index is -2.96. The van der Waals surface area contributed by atoms with Gasteiger partial charge in [-0.1, -0.05) is 38.5 Å². The smallest absolute Gasteiger partial charge is 0.408 e. The number of para-hydroxylation sites is 1. The van der Waals surface area contributed by atoms with Gasteiger partial charge in [-0.05, 0) is 32.8 Å². The molecule has 2 amide bonds. The quantitative estimate of drug-likeness (QED) is 0.712. The van der Waals surface area contributed by atoms with Gasteiger partial charge in [0.15, 0.2) is 0 Å². The lowest BCUT2D eigenvalue weighted by molar-refractivity contribution is -0.124. The number of hydrogen-bond donors (Lipinski definition) is 2. The van der Waals surface area contributed by atoms with Crippen molar-refractivity contribution in [3.05, 3.63) is 29.8 Å². The molecule has 1 rings (SSSR count). The average Bonchev–Trinajstić information content (AvgIpc) is 2.56. The van der Waals surface area contributed by atoms with Crippen molar-refractivity contribution in [2.24, 2.45) is 5.92 Å². The summed E-state index contributed by atoms with van der Waals surface area (Å²) in [4.78, 5) is 24.6. The van der Waals surface area contributed by atoms with E-state index in [1.807, 2.05) is 13.8 Å². The Morgan fingerprint density at radius 1 is 1.19 bits per heavy atom. The van der Waals surface area contributed by atoms with Crippen LogP contribution in [0.1, 0.15) is 46.6 Å². The number of alkyl carbamates (subject to hydrolysis) is 1. The fourth-order valence-electron chi connectivity index (χ4n) is 2.29. The zero-order valence-electron chi connectivity index (χ0n) is 16.3. The number of halogens is 2. The molecule has 0 radical (unpaired) electrons. The van der Waals surface area contributed by atoms with Crippen LogP contribution in [0.25, 0.3) is 0 Å². The lowest BCUT2D eigenvalue weighted by atomic mass is 9.98. The standard InChI is InChI=1S/C19H28F2N2O4/c1-6-12(2)15(23-18(25)27-19(3,4)5)16(24)22-11-13-9-7-8-10-14(13)26-17(20)21/h7-10,12,15,17H,6,11H2,1-5H3,(H,22,24)(H,23,25)/t12-,15+/m1/s1. The molecular formula is C19H28F2N2O4. The molecular weight excluding hydrogens is 358 g/mol. The summed E-state index contributed by atoms with van der Waals surface area (Å²) in [6.07, 6.45) is -0.0386. The van der Waals surface area contributed by atoms with E-state index in [4.69, 9.17) is 4.74 Å². The van der Waals surface area contributed by atoms with Gasteiger partial charge in [-0.25, -0.2) is 4.79 Å². The van der Waals surface area contributed by atoms with E-state index in [9.17, 15) is 18.4 Å². The summed E-state index contributed by atoms with van der Waals surface area (Å²) >= 11 is 0.